The standard InChI is InChI=1S/C22H27F3N4O.ClH/c23-22(24,25)18-4-6-20(26-14-18)29-12-8-17(9-13-29)16-30-19-5-7-21(27-15-19)28-10-2-1-3-11-28;/h4-7,14-15,17H,1-3,8-13,16H2;1H. The first-order valence-electron chi connectivity index (χ1n) is 10.6. The second-order valence-corrected chi connectivity index (χ2v) is 8.04. The molecule has 0 N–H and O–H groups in total. The zero-order valence-corrected chi connectivity index (χ0v) is 18.2. The van der Waals surface area contributed by atoms with Crippen LogP contribution >= 0.6 is 12.4 Å². The molecule has 0 aromatic carbocycles. The Morgan fingerprint density at radius 2 is 1.45 bits per heavy atom. The lowest BCUT2D eigenvalue weighted by Gasteiger charge is -2.32. The van der Waals surface area contributed by atoms with Gasteiger partial charge < -0.3 is 14.5 Å². The molecule has 0 radical (unpaired) electrons. The fourth-order valence-electron chi connectivity index (χ4n) is 4.05. The van der Waals surface area contributed by atoms with Crippen LogP contribution in [0, 0.1) is 5.92 Å². The molecule has 4 rings (SSSR count). The van der Waals surface area contributed by atoms with Crippen molar-refractivity contribution in [3.8, 4) is 5.75 Å². The zero-order chi connectivity index (χ0) is 21.0. The number of hydrogen-bond acceptors (Lipinski definition) is 5. The van der Waals surface area contributed by atoms with Gasteiger partial charge in [0.15, 0.2) is 0 Å². The maximum atomic E-state index is 12.7. The van der Waals surface area contributed by atoms with Crippen molar-refractivity contribution in [1.29, 1.82) is 0 Å². The van der Waals surface area contributed by atoms with E-state index in [0.29, 0.717) is 18.3 Å². The molecule has 170 valence electrons. The lowest BCUT2D eigenvalue weighted by Crippen LogP contribution is -2.36. The van der Waals surface area contributed by atoms with E-state index >= 15 is 0 Å². The molecule has 2 aliphatic heterocycles. The SMILES string of the molecule is Cl.FC(F)(F)c1ccc(N2CCC(COc3ccc(N4CCCCC4)nc3)CC2)nc1. The number of anilines is 2. The van der Waals surface area contributed by atoms with Crippen molar-refractivity contribution < 1.29 is 17.9 Å². The molecule has 2 aromatic rings. The quantitative estimate of drug-likeness (QED) is 0.618. The number of alkyl halides is 3. The summed E-state index contributed by atoms with van der Waals surface area (Å²) in [5, 5.41) is 0. The average Bonchev–Trinajstić information content (AvgIpc) is 2.78. The summed E-state index contributed by atoms with van der Waals surface area (Å²) >= 11 is 0. The maximum absolute atomic E-state index is 12.7. The van der Waals surface area contributed by atoms with E-state index in [0.717, 1.165) is 62.9 Å². The van der Waals surface area contributed by atoms with Gasteiger partial charge >= 0.3 is 6.18 Å². The van der Waals surface area contributed by atoms with E-state index in [1.807, 2.05) is 17.0 Å². The first-order valence-corrected chi connectivity index (χ1v) is 10.6. The molecule has 2 saturated heterocycles. The van der Waals surface area contributed by atoms with Crippen molar-refractivity contribution >= 4 is 24.0 Å². The van der Waals surface area contributed by atoms with E-state index in [4.69, 9.17) is 4.74 Å². The van der Waals surface area contributed by atoms with E-state index in [2.05, 4.69) is 14.9 Å². The Hall–Kier alpha value is -2.22. The molecule has 0 spiro atoms. The highest BCUT2D eigenvalue weighted by Crippen LogP contribution is 2.30. The van der Waals surface area contributed by atoms with E-state index in [9.17, 15) is 13.2 Å². The summed E-state index contributed by atoms with van der Waals surface area (Å²) in [5.74, 6) is 2.80. The van der Waals surface area contributed by atoms with Gasteiger partial charge in [-0.15, -0.1) is 12.4 Å². The third-order valence-electron chi connectivity index (χ3n) is 5.90. The number of aromatic nitrogens is 2. The van der Waals surface area contributed by atoms with Crippen molar-refractivity contribution in [1.82, 2.24) is 9.97 Å². The maximum Gasteiger partial charge on any atom is 0.417 e. The van der Waals surface area contributed by atoms with Gasteiger partial charge in [-0.05, 0) is 62.3 Å². The molecule has 9 heteroatoms. The molecule has 2 fully saturated rings. The van der Waals surface area contributed by atoms with Gasteiger partial charge in [0.2, 0.25) is 0 Å². The largest absolute Gasteiger partial charge is 0.492 e. The van der Waals surface area contributed by atoms with E-state index < -0.39 is 11.7 Å². The van der Waals surface area contributed by atoms with Gasteiger partial charge in [-0.25, -0.2) is 9.97 Å². The van der Waals surface area contributed by atoms with Gasteiger partial charge in [0.25, 0.3) is 0 Å². The normalized spacial score (nSPS) is 17.9. The van der Waals surface area contributed by atoms with Gasteiger partial charge in [-0.2, -0.15) is 13.2 Å². The van der Waals surface area contributed by atoms with Crippen molar-refractivity contribution in [2.24, 2.45) is 5.92 Å². The zero-order valence-electron chi connectivity index (χ0n) is 17.4. The molecule has 0 saturated carbocycles. The van der Waals surface area contributed by atoms with E-state index in [1.165, 1.54) is 25.3 Å². The molecular formula is C22H28ClF3N4O. The highest BCUT2D eigenvalue weighted by molar-refractivity contribution is 5.85. The predicted molar refractivity (Wildman–Crippen MR) is 117 cm³/mol. The van der Waals surface area contributed by atoms with Gasteiger partial charge in [0, 0.05) is 32.4 Å². The molecule has 0 bridgehead atoms. The van der Waals surface area contributed by atoms with Crippen LogP contribution < -0.4 is 14.5 Å². The first kappa shape index (κ1) is 23.4. The fraction of sp³-hybridized carbons (Fsp3) is 0.545. The number of rotatable bonds is 5. The second-order valence-electron chi connectivity index (χ2n) is 8.04. The smallest absolute Gasteiger partial charge is 0.417 e. The van der Waals surface area contributed by atoms with Crippen LogP contribution in [0.15, 0.2) is 36.7 Å². The Balaban J connectivity index is 0.00000272. The molecule has 2 aliphatic rings. The van der Waals surface area contributed by atoms with Crippen LogP contribution in [0.5, 0.6) is 5.75 Å². The Bertz CT molecular complexity index is 803. The minimum atomic E-state index is -4.35. The molecule has 5 nitrogen and oxygen atoms in total. The third kappa shape index (κ3) is 6.15. The van der Waals surface area contributed by atoms with Crippen LogP contribution in [0.1, 0.15) is 37.7 Å². The minimum absolute atomic E-state index is 0. The van der Waals surface area contributed by atoms with Gasteiger partial charge in [-0.1, -0.05) is 0 Å². The van der Waals surface area contributed by atoms with Crippen molar-refractivity contribution in [3.05, 3.63) is 42.2 Å². The van der Waals surface area contributed by atoms with Gasteiger partial charge in [-0.3, -0.25) is 0 Å². The van der Waals surface area contributed by atoms with Crippen LogP contribution in [0.3, 0.4) is 0 Å². The monoisotopic (exact) mass is 456 g/mol. The van der Waals surface area contributed by atoms with Gasteiger partial charge in [0.1, 0.15) is 17.4 Å². The summed E-state index contributed by atoms with van der Waals surface area (Å²) in [6.45, 7) is 4.29. The number of nitrogens with zero attached hydrogens (tertiary/aromatic N) is 4. The first-order chi connectivity index (χ1) is 14.5. The highest BCUT2D eigenvalue weighted by Gasteiger charge is 2.31. The summed E-state index contributed by atoms with van der Waals surface area (Å²) in [6.07, 6.45) is 3.93. The summed E-state index contributed by atoms with van der Waals surface area (Å²) in [4.78, 5) is 12.9. The number of pyridine rings is 2. The summed E-state index contributed by atoms with van der Waals surface area (Å²) in [5.41, 5.74) is -0.713. The number of ether oxygens (including phenoxy) is 1. The topological polar surface area (TPSA) is 41.5 Å². The summed E-state index contributed by atoms with van der Waals surface area (Å²) < 4.78 is 44.0. The Labute approximate surface area is 187 Å². The molecule has 0 aliphatic carbocycles. The van der Waals surface area contributed by atoms with Crippen LogP contribution in [0.2, 0.25) is 0 Å². The Morgan fingerprint density at radius 1 is 0.839 bits per heavy atom. The van der Waals surface area contributed by atoms with Crippen molar-refractivity contribution in [2.45, 2.75) is 38.3 Å². The van der Waals surface area contributed by atoms with Crippen LogP contribution in [0.4, 0.5) is 24.8 Å². The molecule has 31 heavy (non-hydrogen) atoms. The third-order valence-corrected chi connectivity index (χ3v) is 5.90. The van der Waals surface area contributed by atoms with Crippen LogP contribution in [-0.2, 0) is 6.18 Å². The van der Waals surface area contributed by atoms with Crippen LogP contribution in [0.25, 0.3) is 0 Å². The fourth-order valence-corrected chi connectivity index (χ4v) is 4.05. The number of hydrogen-bond donors (Lipinski definition) is 0. The predicted octanol–water partition coefficient (Wildman–Crippen LogP) is 5.20. The summed E-state index contributed by atoms with van der Waals surface area (Å²) in [6, 6.07) is 6.56. The van der Waals surface area contributed by atoms with E-state index in [-0.39, 0.29) is 12.4 Å². The molecule has 0 unspecified atom stereocenters. The average molecular weight is 457 g/mol. The lowest BCUT2D eigenvalue weighted by atomic mass is 9.98. The molecule has 0 amide bonds. The van der Waals surface area contributed by atoms with E-state index in [1.54, 1.807) is 6.20 Å². The summed E-state index contributed by atoms with van der Waals surface area (Å²) in [7, 11) is 0. The molecule has 4 heterocycles. The highest BCUT2D eigenvalue weighted by atomic mass is 35.5. The molecule has 2 aromatic heterocycles. The van der Waals surface area contributed by atoms with Crippen LogP contribution in [-0.4, -0.2) is 42.8 Å². The number of piperidine rings is 2. The second kappa shape index (κ2) is 10.4. The van der Waals surface area contributed by atoms with Crippen molar-refractivity contribution in [3.63, 3.8) is 0 Å². The van der Waals surface area contributed by atoms with Crippen molar-refractivity contribution in [2.75, 3.05) is 42.6 Å². The van der Waals surface area contributed by atoms with Gasteiger partial charge in [0.05, 0.1) is 18.4 Å². The molecule has 0 atom stereocenters. The lowest BCUT2D eigenvalue weighted by molar-refractivity contribution is -0.137. The minimum Gasteiger partial charge on any atom is -0.492 e. The Morgan fingerprint density at radius 3 is 2.00 bits per heavy atom. The number of halogens is 4. The Kier molecular flexibility index (Phi) is 7.86. The molecular weight excluding hydrogens is 429 g/mol.